The Morgan fingerprint density at radius 3 is 2.59 bits per heavy atom. The molecule has 0 saturated carbocycles. The Bertz CT molecular complexity index is 425. The molecule has 1 aromatic rings. The number of aryl methyl sites for hydroxylation is 1. The number of halogens is 1. The van der Waals surface area contributed by atoms with Gasteiger partial charge in [0.25, 0.3) is 0 Å². The molecule has 0 unspecified atom stereocenters. The van der Waals surface area contributed by atoms with Gasteiger partial charge in [-0.2, -0.15) is 0 Å². The van der Waals surface area contributed by atoms with Crippen LogP contribution >= 0.6 is 11.6 Å². The predicted molar refractivity (Wildman–Crippen MR) is 71.1 cm³/mol. The number of rotatable bonds is 5. The molecule has 0 bridgehead atoms. The Hall–Kier alpha value is -1.02. The summed E-state index contributed by atoms with van der Waals surface area (Å²) in [6.07, 6.45) is 1.83. The van der Waals surface area contributed by atoms with Gasteiger partial charge < -0.3 is 4.74 Å². The summed E-state index contributed by atoms with van der Waals surface area (Å²) in [5.41, 5.74) is 3.07. The number of methoxy groups -OCH3 is 1. The summed E-state index contributed by atoms with van der Waals surface area (Å²) >= 11 is 6.22. The van der Waals surface area contributed by atoms with Crippen molar-refractivity contribution in [3.05, 3.63) is 27.8 Å². The topological polar surface area (TPSA) is 26.3 Å². The van der Waals surface area contributed by atoms with E-state index in [0.717, 1.165) is 27.5 Å². The summed E-state index contributed by atoms with van der Waals surface area (Å²) in [4.78, 5) is 11.4. The normalized spacial score (nSPS) is 10.4. The van der Waals surface area contributed by atoms with E-state index in [9.17, 15) is 4.79 Å². The van der Waals surface area contributed by atoms with Crippen LogP contribution in [0, 0.1) is 13.8 Å². The van der Waals surface area contributed by atoms with E-state index >= 15 is 0 Å². The van der Waals surface area contributed by atoms with Gasteiger partial charge >= 0.3 is 0 Å². The van der Waals surface area contributed by atoms with Crippen molar-refractivity contribution in [3.8, 4) is 5.75 Å². The van der Waals surface area contributed by atoms with Crippen LogP contribution in [0.15, 0.2) is 6.07 Å². The van der Waals surface area contributed by atoms with E-state index in [4.69, 9.17) is 16.3 Å². The highest BCUT2D eigenvalue weighted by Gasteiger charge is 2.13. The van der Waals surface area contributed by atoms with Crippen molar-refractivity contribution in [2.24, 2.45) is 0 Å². The van der Waals surface area contributed by atoms with E-state index in [1.54, 1.807) is 7.11 Å². The van der Waals surface area contributed by atoms with Crippen molar-refractivity contribution in [3.63, 3.8) is 0 Å². The number of carbonyl (C=O) groups excluding carboxylic acids is 1. The first-order valence-corrected chi connectivity index (χ1v) is 6.23. The maximum absolute atomic E-state index is 11.4. The summed E-state index contributed by atoms with van der Waals surface area (Å²) in [5, 5.41) is 0.768. The number of carbonyl (C=O) groups is 1. The van der Waals surface area contributed by atoms with E-state index < -0.39 is 0 Å². The molecule has 0 N–H and O–H groups in total. The van der Waals surface area contributed by atoms with Crippen LogP contribution in [0.1, 0.15) is 36.5 Å². The smallest absolute Gasteiger partial charge is 0.132 e. The van der Waals surface area contributed by atoms with E-state index in [2.05, 4.69) is 0 Å². The zero-order chi connectivity index (χ0) is 13.0. The lowest BCUT2D eigenvalue weighted by Gasteiger charge is -2.14. The molecule has 0 aliphatic carbocycles. The fraction of sp³-hybridized carbons (Fsp3) is 0.500. The highest BCUT2D eigenvalue weighted by atomic mass is 35.5. The summed E-state index contributed by atoms with van der Waals surface area (Å²) in [5.74, 6) is 1.09. The Morgan fingerprint density at radius 1 is 1.41 bits per heavy atom. The van der Waals surface area contributed by atoms with Crippen LogP contribution < -0.4 is 4.74 Å². The van der Waals surface area contributed by atoms with E-state index in [-0.39, 0.29) is 5.78 Å². The van der Waals surface area contributed by atoms with Crippen LogP contribution in [0.5, 0.6) is 5.75 Å². The lowest BCUT2D eigenvalue weighted by atomic mass is 9.98. The van der Waals surface area contributed by atoms with Gasteiger partial charge in [-0.3, -0.25) is 4.79 Å². The molecule has 2 nitrogen and oxygen atoms in total. The molecular weight excluding hydrogens is 236 g/mol. The molecule has 0 aliphatic rings. The average molecular weight is 255 g/mol. The van der Waals surface area contributed by atoms with Crippen LogP contribution in [-0.4, -0.2) is 12.9 Å². The van der Waals surface area contributed by atoms with Crippen LogP contribution in [0.25, 0.3) is 0 Å². The molecule has 94 valence electrons. The molecule has 0 saturated heterocycles. The highest BCUT2D eigenvalue weighted by Crippen LogP contribution is 2.32. The molecule has 0 heterocycles. The second kappa shape index (κ2) is 6.06. The fourth-order valence-electron chi connectivity index (χ4n) is 1.89. The maximum atomic E-state index is 11.4. The largest absolute Gasteiger partial charge is 0.496 e. The first-order chi connectivity index (χ1) is 8.01. The first kappa shape index (κ1) is 14.0. The molecule has 0 amide bonds. The number of hydrogen-bond donors (Lipinski definition) is 0. The molecule has 0 atom stereocenters. The summed E-state index contributed by atoms with van der Waals surface area (Å²) in [6.45, 7) is 5.82. The minimum atomic E-state index is 0.267. The number of benzene rings is 1. The molecule has 0 fully saturated rings. The molecule has 17 heavy (non-hydrogen) atoms. The Labute approximate surface area is 108 Å². The highest BCUT2D eigenvalue weighted by molar-refractivity contribution is 6.32. The predicted octanol–water partition coefficient (Wildman–Crippen LogP) is 3.88. The molecule has 0 radical (unpaired) electrons. The third-order valence-electron chi connectivity index (χ3n) is 3.04. The average Bonchev–Trinajstić information content (AvgIpc) is 2.33. The standard InChI is InChI=1S/C14H19ClO2/c1-5-11(16)6-7-12-10(3)14(15)9(2)8-13(12)17-4/h8H,5-7H2,1-4H3. The van der Waals surface area contributed by atoms with Crippen molar-refractivity contribution >= 4 is 17.4 Å². The van der Waals surface area contributed by atoms with Crippen molar-refractivity contribution in [1.29, 1.82) is 0 Å². The molecule has 0 aliphatic heterocycles. The van der Waals surface area contributed by atoms with Crippen LogP contribution in [0.2, 0.25) is 5.02 Å². The van der Waals surface area contributed by atoms with Crippen LogP contribution in [0.3, 0.4) is 0 Å². The minimum Gasteiger partial charge on any atom is -0.496 e. The van der Waals surface area contributed by atoms with E-state index in [1.807, 2.05) is 26.8 Å². The SMILES string of the molecule is CCC(=O)CCc1c(OC)cc(C)c(Cl)c1C. The van der Waals surface area contributed by atoms with Crippen LogP contribution in [-0.2, 0) is 11.2 Å². The van der Waals surface area contributed by atoms with E-state index in [1.165, 1.54) is 0 Å². The first-order valence-electron chi connectivity index (χ1n) is 5.85. The molecule has 0 spiro atoms. The number of ether oxygens (including phenoxy) is 1. The van der Waals surface area contributed by atoms with Crippen molar-refractivity contribution in [2.45, 2.75) is 40.0 Å². The number of ketones is 1. The van der Waals surface area contributed by atoms with Crippen molar-refractivity contribution in [2.75, 3.05) is 7.11 Å². The zero-order valence-electron chi connectivity index (χ0n) is 10.9. The molecular formula is C14H19ClO2. The third kappa shape index (κ3) is 3.22. The van der Waals surface area contributed by atoms with Gasteiger partial charge in [-0.15, -0.1) is 0 Å². The van der Waals surface area contributed by atoms with Gasteiger partial charge in [0, 0.05) is 17.9 Å². The van der Waals surface area contributed by atoms with Gasteiger partial charge in [0.15, 0.2) is 0 Å². The van der Waals surface area contributed by atoms with Crippen LogP contribution in [0.4, 0.5) is 0 Å². The fourth-order valence-corrected chi connectivity index (χ4v) is 2.06. The van der Waals surface area contributed by atoms with Gasteiger partial charge in [0.1, 0.15) is 11.5 Å². The van der Waals surface area contributed by atoms with Gasteiger partial charge in [-0.25, -0.2) is 0 Å². The van der Waals surface area contributed by atoms with Crippen molar-refractivity contribution < 1.29 is 9.53 Å². The summed E-state index contributed by atoms with van der Waals surface area (Å²) in [6, 6.07) is 1.93. The summed E-state index contributed by atoms with van der Waals surface area (Å²) < 4.78 is 5.36. The second-order valence-electron chi connectivity index (χ2n) is 4.21. The van der Waals surface area contributed by atoms with Gasteiger partial charge in [-0.1, -0.05) is 18.5 Å². The Balaban J connectivity index is 3.04. The Kier molecular flexibility index (Phi) is 5.01. The zero-order valence-corrected chi connectivity index (χ0v) is 11.6. The third-order valence-corrected chi connectivity index (χ3v) is 3.62. The van der Waals surface area contributed by atoms with Gasteiger partial charge in [0.2, 0.25) is 0 Å². The lowest BCUT2D eigenvalue weighted by molar-refractivity contribution is -0.118. The Morgan fingerprint density at radius 2 is 2.06 bits per heavy atom. The van der Waals surface area contributed by atoms with Crippen molar-refractivity contribution in [1.82, 2.24) is 0 Å². The summed E-state index contributed by atoms with van der Waals surface area (Å²) in [7, 11) is 1.65. The lowest BCUT2D eigenvalue weighted by Crippen LogP contribution is -2.03. The minimum absolute atomic E-state index is 0.267. The maximum Gasteiger partial charge on any atom is 0.132 e. The van der Waals surface area contributed by atoms with Gasteiger partial charge in [-0.05, 0) is 43.0 Å². The molecule has 1 aromatic carbocycles. The quantitative estimate of drug-likeness (QED) is 0.797. The molecule has 1 rings (SSSR count). The molecule has 3 heteroatoms. The monoisotopic (exact) mass is 254 g/mol. The van der Waals surface area contributed by atoms with Gasteiger partial charge in [0.05, 0.1) is 7.11 Å². The number of Topliss-reactive ketones (excluding diaryl/α,β-unsaturated/α-hetero) is 1. The van der Waals surface area contributed by atoms with E-state index in [0.29, 0.717) is 19.3 Å². The second-order valence-corrected chi connectivity index (χ2v) is 4.58. The molecule has 0 aromatic heterocycles. The number of hydrogen-bond acceptors (Lipinski definition) is 2.